The van der Waals surface area contributed by atoms with Crippen molar-refractivity contribution in [2.75, 3.05) is 7.11 Å². The van der Waals surface area contributed by atoms with E-state index in [0.717, 1.165) is 39.6 Å². The van der Waals surface area contributed by atoms with E-state index in [-0.39, 0.29) is 0 Å². The maximum Gasteiger partial charge on any atom is 0.181 e. The highest BCUT2D eigenvalue weighted by Crippen LogP contribution is 2.31. The van der Waals surface area contributed by atoms with Crippen molar-refractivity contribution in [2.45, 2.75) is 13.8 Å². The summed E-state index contributed by atoms with van der Waals surface area (Å²) in [5, 5.41) is 5.27. The minimum atomic E-state index is 0.628. The van der Waals surface area contributed by atoms with Gasteiger partial charge in [-0.1, -0.05) is 17.7 Å². The molecular weight excluding hydrogens is 374 g/mol. The second-order valence-corrected chi connectivity index (χ2v) is 7.09. The fraction of sp³-hybridized carbons (Fsp3) is 0.190. The number of aromatic nitrogens is 5. The summed E-state index contributed by atoms with van der Waals surface area (Å²) >= 11 is 6.18. The number of ether oxygens (including phenoxy) is 1. The van der Waals surface area contributed by atoms with Crippen LogP contribution < -0.4 is 4.74 Å². The third-order valence-electron chi connectivity index (χ3n) is 4.63. The molecule has 7 heteroatoms. The second kappa shape index (κ2) is 7.13. The summed E-state index contributed by atoms with van der Waals surface area (Å²) in [6, 6.07) is 11.7. The molecule has 28 heavy (non-hydrogen) atoms. The lowest BCUT2D eigenvalue weighted by molar-refractivity contribution is 0.413. The van der Waals surface area contributed by atoms with Gasteiger partial charge in [-0.05, 0) is 49.7 Å². The fourth-order valence-electron chi connectivity index (χ4n) is 3.16. The molecule has 142 valence electrons. The summed E-state index contributed by atoms with van der Waals surface area (Å²) in [6.07, 6.45) is 3.72. The molecule has 0 bridgehead atoms. The van der Waals surface area contributed by atoms with Crippen LogP contribution >= 0.6 is 11.6 Å². The topological polar surface area (TPSA) is 57.8 Å². The minimum absolute atomic E-state index is 0.628. The Kier molecular flexibility index (Phi) is 4.65. The number of methoxy groups -OCH3 is 1. The second-order valence-electron chi connectivity index (χ2n) is 6.65. The average molecular weight is 394 g/mol. The van der Waals surface area contributed by atoms with Crippen LogP contribution in [0.15, 0.2) is 48.9 Å². The van der Waals surface area contributed by atoms with Crippen molar-refractivity contribution in [3.05, 3.63) is 65.2 Å². The fourth-order valence-corrected chi connectivity index (χ4v) is 3.33. The Morgan fingerprint density at radius 2 is 1.89 bits per heavy atom. The summed E-state index contributed by atoms with van der Waals surface area (Å²) < 4.78 is 9.31. The maximum absolute atomic E-state index is 6.18. The zero-order valence-electron chi connectivity index (χ0n) is 16.1. The standard InChI is InChI=1S/C21H20ClN5O/c1-13-5-7-16(22)10-17(13)21-24-20(25-26(21)3)15-6-8-18(19(9-15)28-4)27-11-14(2)23-12-27/h5-12H,1-4H3. The SMILES string of the molecule is COc1cc(-c2nc(-c3cc(Cl)ccc3C)n(C)n2)ccc1-n1cnc(C)c1. The van der Waals surface area contributed by atoms with Gasteiger partial charge >= 0.3 is 0 Å². The minimum Gasteiger partial charge on any atom is -0.495 e. The third-order valence-corrected chi connectivity index (χ3v) is 4.87. The van der Waals surface area contributed by atoms with Crippen molar-refractivity contribution in [1.29, 1.82) is 0 Å². The van der Waals surface area contributed by atoms with Crippen LogP contribution in [0, 0.1) is 13.8 Å². The Bertz CT molecular complexity index is 1160. The van der Waals surface area contributed by atoms with Crippen LogP contribution in [0.25, 0.3) is 28.5 Å². The zero-order valence-corrected chi connectivity index (χ0v) is 16.9. The highest BCUT2D eigenvalue weighted by molar-refractivity contribution is 6.30. The first kappa shape index (κ1) is 18.3. The maximum atomic E-state index is 6.18. The van der Waals surface area contributed by atoms with E-state index in [1.807, 2.05) is 68.1 Å². The van der Waals surface area contributed by atoms with Crippen molar-refractivity contribution in [1.82, 2.24) is 24.3 Å². The van der Waals surface area contributed by atoms with Gasteiger partial charge in [0.1, 0.15) is 5.75 Å². The van der Waals surface area contributed by atoms with Crippen LogP contribution in [-0.2, 0) is 7.05 Å². The Morgan fingerprint density at radius 3 is 2.61 bits per heavy atom. The summed E-state index contributed by atoms with van der Waals surface area (Å²) in [7, 11) is 3.53. The van der Waals surface area contributed by atoms with Gasteiger partial charge in [0.25, 0.3) is 0 Å². The molecule has 0 radical (unpaired) electrons. The highest BCUT2D eigenvalue weighted by Gasteiger charge is 2.15. The van der Waals surface area contributed by atoms with Crippen molar-refractivity contribution in [3.63, 3.8) is 0 Å². The van der Waals surface area contributed by atoms with Gasteiger partial charge in [-0.15, -0.1) is 0 Å². The molecule has 0 N–H and O–H groups in total. The predicted octanol–water partition coefficient (Wildman–Crippen LogP) is 4.61. The number of nitrogens with zero attached hydrogens (tertiary/aromatic N) is 5. The molecule has 0 saturated heterocycles. The molecule has 0 amide bonds. The van der Waals surface area contributed by atoms with Gasteiger partial charge in [-0.25, -0.2) is 14.6 Å². The van der Waals surface area contributed by atoms with Gasteiger partial charge in [-0.2, -0.15) is 5.10 Å². The number of hydrogen-bond donors (Lipinski definition) is 0. The average Bonchev–Trinajstić information content (AvgIpc) is 3.29. The molecule has 0 saturated carbocycles. The molecule has 4 aromatic rings. The molecule has 0 fully saturated rings. The number of hydrogen-bond acceptors (Lipinski definition) is 4. The summed E-state index contributed by atoms with van der Waals surface area (Å²) in [5.74, 6) is 2.12. The molecular formula is C21H20ClN5O. The van der Waals surface area contributed by atoms with Crippen LogP contribution in [0.3, 0.4) is 0 Å². The van der Waals surface area contributed by atoms with E-state index in [9.17, 15) is 0 Å². The molecule has 2 aromatic heterocycles. The molecule has 0 atom stereocenters. The van der Waals surface area contributed by atoms with E-state index in [1.54, 1.807) is 18.1 Å². The summed E-state index contributed by atoms with van der Waals surface area (Å²) in [5.41, 5.74) is 4.78. The lowest BCUT2D eigenvalue weighted by atomic mass is 10.1. The van der Waals surface area contributed by atoms with Crippen molar-refractivity contribution >= 4 is 11.6 Å². The van der Waals surface area contributed by atoms with E-state index >= 15 is 0 Å². The monoisotopic (exact) mass is 393 g/mol. The summed E-state index contributed by atoms with van der Waals surface area (Å²) in [4.78, 5) is 9.03. The third kappa shape index (κ3) is 3.27. The van der Waals surface area contributed by atoms with Gasteiger partial charge in [-0.3, -0.25) is 0 Å². The molecule has 4 rings (SSSR count). The molecule has 6 nitrogen and oxygen atoms in total. The molecule has 0 unspecified atom stereocenters. The lowest BCUT2D eigenvalue weighted by Crippen LogP contribution is -1.97. The van der Waals surface area contributed by atoms with Crippen LogP contribution in [0.1, 0.15) is 11.3 Å². The van der Waals surface area contributed by atoms with Gasteiger partial charge in [0.05, 0.1) is 24.8 Å². The first-order valence-electron chi connectivity index (χ1n) is 8.83. The molecule has 2 aromatic carbocycles. The number of aryl methyl sites for hydroxylation is 3. The number of halogens is 1. The van der Waals surface area contributed by atoms with Gasteiger partial charge in [0, 0.05) is 29.4 Å². The van der Waals surface area contributed by atoms with E-state index in [4.69, 9.17) is 21.3 Å². The normalized spacial score (nSPS) is 11.0. The van der Waals surface area contributed by atoms with E-state index in [2.05, 4.69) is 10.1 Å². The highest BCUT2D eigenvalue weighted by atomic mass is 35.5. The van der Waals surface area contributed by atoms with Gasteiger partial charge < -0.3 is 9.30 Å². The molecule has 0 aliphatic heterocycles. The van der Waals surface area contributed by atoms with E-state index < -0.39 is 0 Å². The van der Waals surface area contributed by atoms with Crippen LogP contribution in [0.4, 0.5) is 0 Å². The summed E-state index contributed by atoms with van der Waals surface area (Å²) in [6.45, 7) is 3.99. The van der Waals surface area contributed by atoms with Crippen molar-refractivity contribution in [2.24, 2.45) is 7.05 Å². The molecule has 0 aliphatic rings. The molecule has 0 spiro atoms. The van der Waals surface area contributed by atoms with Crippen molar-refractivity contribution in [3.8, 4) is 34.2 Å². The first-order chi connectivity index (χ1) is 13.5. The Labute approximate surface area is 168 Å². The Morgan fingerprint density at radius 1 is 1.07 bits per heavy atom. The largest absolute Gasteiger partial charge is 0.495 e. The quantitative estimate of drug-likeness (QED) is 0.508. The Balaban J connectivity index is 1.77. The zero-order chi connectivity index (χ0) is 19.8. The van der Waals surface area contributed by atoms with Gasteiger partial charge in [0.15, 0.2) is 11.6 Å². The first-order valence-corrected chi connectivity index (χ1v) is 9.21. The molecule has 2 heterocycles. The van der Waals surface area contributed by atoms with E-state index in [1.165, 1.54) is 0 Å². The van der Waals surface area contributed by atoms with E-state index in [0.29, 0.717) is 10.8 Å². The van der Waals surface area contributed by atoms with Crippen LogP contribution in [0.2, 0.25) is 5.02 Å². The number of benzene rings is 2. The molecule has 0 aliphatic carbocycles. The lowest BCUT2D eigenvalue weighted by Gasteiger charge is -2.10. The number of rotatable bonds is 4. The Hall–Kier alpha value is -3.12. The van der Waals surface area contributed by atoms with Crippen molar-refractivity contribution < 1.29 is 4.74 Å². The van der Waals surface area contributed by atoms with Gasteiger partial charge in [0.2, 0.25) is 0 Å². The van der Waals surface area contributed by atoms with Crippen LogP contribution in [0.5, 0.6) is 5.75 Å². The predicted molar refractivity (Wildman–Crippen MR) is 110 cm³/mol. The van der Waals surface area contributed by atoms with Crippen LogP contribution in [-0.4, -0.2) is 31.4 Å². The number of imidazole rings is 1. The smallest absolute Gasteiger partial charge is 0.181 e.